The second-order valence-corrected chi connectivity index (χ2v) is 5.18. The SMILES string of the molecule is COc1ccc(OC)c(C(=O)Cc2c(Cl)cccc2Cl)c1. The van der Waals surface area contributed by atoms with Gasteiger partial charge in [0.25, 0.3) is 0 Å². The van der Waals surface area contributed by atoms with Crippen LogP contribution in [0, 0.1) is 0 Å². The largest absolute Gasteiger partial charge is 0.497 e. The predicted molar refractivity (Wildman–Crippen MR) is 84.0 cm³/mol. The first-order valence-corrected chi connectivity index (χ1v) is 7.00. The molecular weight excluding hydrogens is 311 g/mol. The van der Waals surface area contributed by atoms with E-state index in [1.54, 1.807) is 43.5 Å². The molecule has 0 fully saturated rings. The molecule has 0 saturated heterocycles. The summed E-state index contributed by atoms with van der Waals surface area (Å²) in [7, 11) is 3.06. The first-order chi connectivity index (χ1) is 10.1. The van der Waals surface area contributed by atoms with Crippen LogP contribution in [-0.4, -0.2) is 20.0 Å². The van der Waals surface area contributed by atoms with Gasteiger partial charge in [-0.25, -0.2) is 0 Å². The molecule has 21 heavy (non-hydrogen) atoms. The normalized spacial score (nSPS) is 10.3. The van der Waals surface area contributed by atoms with Crippen LogP contribution in [0.25, 0.3) is 0 Å². The number of benzene rings is 2. The summed E-state index contributed by atoms with van der Waals surface area (Å²) in [5.74, 6) is 0.939. The van der Waals surface area contributed by atoms with Crippen molar-refractivity contribution >= 4 is 29.0 Å². The lowest BCUT2D eigenvalue weighted by Gasteiger charge is -2.11. The number of methoxy groups -OCH3 is 2. The van der Waals surface area contributed by atoms with Gasteiger partial charge in [0.05, 0.1) is 19.8 Å². The summed E-state index contributed by atoms with van der Waals surface area (Å²) in [6.45, 7) is 0. The molecule has 0 aliphatic carbocycles. The molecule has 0 radical (unpaired) electrons. The van der Waals surface area contributed by atoms with Gasteiger partial charge in [-0.2, -0.15) is 0 Å². The minimum Gasteiger partial charge on any atom is -0.497 e. The van der Waals surface area contributed by atoms with Gasteiger partial charge in [-0.1, -0.05) is 29.3 Å². The fraction of sp³-hybridized carbons (Fsp3) is 0.188. The molecule has 0 aromatic heterocycles. The molecule has 5 heteroatoms. The van der Waals surface area contributed by atoms with Gasteiger partial charge >= 0.3 is 0 Å². The zero-order chi connectivity index (χ0) is 15.4. The zero-order valence-electron chi connectivity index (χ0n) is 11.7. The van der Waals surface area contributed by atoms with E-state index in [0.29, 0.717) is 32.7 Å². The number of rotatable bonds is 5. The van der Waals surface area contributed by atoms with E-state index in [2.05, 4.69) is 0 Å². The highest BCUT2D eigenvalue weighted by Crippen LogP contribution is 2.29. The van der Waals surface area contributed by atoms with Crippen molar-refractivity contribution in [3.8, 4) is 11.5 Å². The molecule has 110 valence electrons. The fourth-order valence-corrected chi connectivity index (χ4v) is 2.52. The minimum atomic E-state index is -0.138. The maximum atomic E-state index is 12.5. The van der Waals surface area contributed by atoms with E-state index in [1.165, 1.54) is 7.11 Å². The lowest BCUT2D eigenvalue weighted by molar-refractivity contribution is 0.0989. The molecule has 2 rings (SSSR count). The smallest absolute Gasteiger partial charge is 0.171 e. The number of hydrogen-bond donors (Lipinski definition) is 0. The quantitative estimate of drug-likeness (QED) is 0.763. The van der Waals surface area contributed by atoms with E-state index in [9.17, 15) is 4.79 Å². The average Bonchev–Trinajstić information content (AvgIpc) is 2.50. The molecule has 0 aliphatic rings. The van der Waals surface area contributed by atoms with E-state index in [0.717, 1.165) is 0 Å². The van der Waals surface area contributed by atoms with Crippen molar-refractivity contribution in [3.63, 3.8) is 0 Å². The van der Waals surface area contributed by atoms with Crippen molar-refractivity contribution in [3.05, 3.63) is 57.6 Å². The first kappa shape index (κ1) is 15.7. The summed E-state index contributed by atoms with van der Waals surface area (Å²) < 4.78 is 10.4. The second kappa shape index (κ2) is 6.83. The molecule has 2 aromatic rings. The molecular formula is C16H14Cl2O3. The lowest BCUT2D eigenvalue weighted by Crippen LogP contribution is -2.07. The molecule has 0 bridgehead atoms. The van der Waals surface area contributed by atoms with Crippen molar-refractivity contribution in [2.24, 2.45) is 0 Å². The van der Waals surface area contributed by atoms with Crippen LogP contribution in [0.4, 0.5) is 0 Å². The Morgan fingerprint density at radius 1 is 1.05 bits per heavy atom. The molecule has 0 N–H and O–H groups in total. The van der Waals surface area contributed by atoms with Crippen LogP contribution in [-0.2, 0) is 6.42 Å². The highest BCUT2D eigenvalue weighted by atomic mass is 35.5. The van der Waals surface area contributed by atoms with Gasteiger partial charge in [-0.3, -0.25) is 4.79 Å². The molecule has 0 aliphatic heterocycles. The van der Waals surface area contributed by atoms with Crippen LogP contribution in [0.2, 0.25) is 10.0 Å². The van der Waals surface area contributed by atoms with E-state index in [4.69, 9.17) is 32.7 Å². The molecule has 0 saturated carbocycles. The van der Waals surface area contributed by atoms with Crippen LogP contribution in [0.15, 0.2) is 36.4 Å². The monoisotopic (exact) mass is 324 g/mol. The number of carbonyl (C=O) groups is 1. The van der Waals surface area contributed by atoms with E-state index >= 15 is 0 Å². The number of halogens is 2. The third kappa shape index (κ3) is 3.49. The van der Waals surface area contributed by atoms with Crippen molar-refractivity contribution in [1.82, 2.24) is 0 Å². The van der Waals surface area contributed by atoms with Crippen molar-refractivity contribution in [1.29, 1.82) is 0 Å². The standard InChI is InChI=1S/C16H14Cl2O3/c1-20-10-6-7-16(21-2)12(8-10)15(19)9-11-13(17)4-3-5-14(11)18/h3-8H,9H2,1-2H3. The Labute approximate surface area is 133 Å². The highest BCUT2D eigenvalue weighted by molar-refractivity contribution is 6.36. The Kier molecular flexibility index (Phi) is 5.10. The number of carbonyl (C=O) groups excluding carboxylic acids is 1. The summed E-state index contributed by atoms with van der Waals surface area (Å²) >= 11 is 12.2. The van der Waals surface area contributed by atoms with Crippen LogP contribution in [0.5, 0.6) is 11.5 Å². The molecule has 0 heterocycles. The van der Waals surface area contributed by atoms with Gasteiger partial charge in [0.1, 0.15) is 11.5 Å². The Bertz CT molecular complexity index is 648. The molecule has 0 spiro atoms. The minimum absolute atomic E-state index is 0.0992. The van der Waals surface area contributed by atoms with E-state index < -0.39 is 0 Å². The lowest BCUT2D eigenvalue weighted by atomic mass is 10.0. The van der Waals surface area contributed by atoms with E-state index in [1.807, 2.05) is 0 Å². The summed E-state index contributed by atoms with van der Waals surface area (Å²) in [4.78, 5) is 12.5. The Balaban J connectivity index is 2.36. The van der Waals surface area contributed by atoms with Gasteiger partial charge in [0.2, 0.25) is 0 Å². The molecule has 0 amide bonds. The van der Waals surface area contributed by atoms with Crippen molar-refractivity contribution in [2.75, 3.05) is 14.2 Å². The Morgan fingerprint density at radius 3 is 2.29 bits per heavy atom. The van der Waals surface area contributed by atoms with E-state index in [-0.39, 0.29) is 12.2 Å². The highest BCUT2D eigenvalue weighted by Gasteiger charge is 2.17. The summed E-state index contributed by atoms with van der Waals surface area (Å²) in [5.41, 5.74) is 1.04. The summed E-state index contributed by atoms with van der Waals surface area (Å²) in [6, 6.07) is 10.2. The number of hydrogen-bond acceptors (Lipinski definition) is 3. The topological polar surface area (TPSA) is 35.5 Å². The Hall–Kier alpha value is -1.71. The number of ether oxygens (including phenoxy) is 2. The second-order valence-electron chi connectivity index (χ2n) is 4.37. The zero-order valence-corrected chi connectivity index (χ0v) is 13.2. The van der Waals surface area contributed by atoms with Crippen LogP contribution < -0.4 is 9.47 Å². The summed E-state index contributed by atoms with van der Waals surface area (Å²) in [5, 5.41) is 0.940. The third-order valence-corrected chi connectivity index (χ3v) is 3.81. The molecule has 3 nitrogen and oxygen atoms in total. The van der Waals surface area contributed by atoms with Crippen molar-refractivity contribution < 1.29 is 14.3 Å². The van der Waals surface area contributed by atoms with Crippen LogP contribution >= 0.6 is 23.2 Å². The molecule has 0 atom stereocenters. The van der Waals surface area contributed by atoms with Crippen LogP contribution in [0.3, 0.4) is 0 Å². The maximum absolute atomic E-state index is 12.5. The van der Waals surface area contributed by atoms with Gasteiger partial charge in [-0.05, 0) is 35.9 Å². The Morgan fingerprint density at radius 2 is 1.71 bits per heavy atom. The summed E-state index contributed by atoms with van der Waals surface area (Å²) in [6.07, 6.45) is 0.0992. The van der Waals surface area contributed by atoms with Gasteiger partial charge in [0.15, 0.2) is 5.78 Å². The first-order valence-electron chi connectivity index (χ1n) is 6.25. The van der Waals surface area contributed by atoms with Crippen LogP contribution in [0.1, 0.15) is 15.9 Å². The number of Topliss-reactive ketones (excluding diaryl/α,β-unsaturated/α-hetero) is 1. The predicted octanol–water partition coefficient (Wildman–Crippen LogP) is 4.44. The van der Waals surface area contributed by atoms with Crippen molar-refractivity contribution in [2.45, 2.75) is 6.42 Å². The van der Waals surface area contributed by atoms with Gasteiger partial charge in [-0.15, -0.1) is 0 Å². The molecule has 2 aromatic carbocycles. The maximum Gasteiger partial charge on any atom is 0.171 e. The van der Waals surface area contributed by atoms with Gasteiger partial charge in [0, 0.05) is 16.5 Å². The van der Waals surface area contributed by atoms with Gasteiger partial charge < -0.3 is 9.47 Å². The number of ketones is 1. The third-order valence-electron chi connectivity index (χ3n) is 3.11. The fourth-order valence-electron chi connectivity index (χ4n) is 1.99. The molecule has 0 unspecified atom stereocenters. The average molecular weight is 325 g/mol.